The second-order valence-electron chi connectivity index (χ2n) is 5.79. The maximum absolute atomic E-state index is 5.45. The van der Waals surface area contributed by atoms with E-state index in [2.05, 4.69) is 37.9 Å². The van der Waals surface area contributed by atoms with Gasteiger partial charge in [-0.25, -0.2) is 0 Å². The van der Waals surface area contributed by atoms with Crippen molar-refractivity contribution in [2.24, 2.45) is 0 Å². The summed E-state index contributed by atoms with van der Waals surface area (Å²) in [5.74, 6) is 0. The monoisotopic (exact) mass is 256 g/mol. The Morgan fingerprint density at radius 3 is 2.50 bits per heavy atom. The maximum Gasteiger partial charge on any atom is 0.0670 e. The predicted molar refractivity (Wildman–Crippen MR) is 78.1 cm³/mol. The molecular weight excluding hydrogens is 224 g/mol. The van der Waals surface area contributed by atoms with Gasteiger partial charge < -0.3 is 10.1 Å². The molecule has 0 bridgehead atoms. The van der Waals surface area contributed by atoms with E-state index in [0.29, 0.717) is 17.7 Å². The molecule has 2 unspecified atom stereocenters. The lowest BCUT2D eigenvalue weighted by molar-refractivity contribution is 0.0153. The van der Waals surface area contributed by atoms with Crippen LogP contribution in [0.1, 0.15) is 53.4 Å². The van der Waals surface area contributed by atoms with Gasteiger partial charge in [-0.15, -0.1) is 0 Å². The molecule has 1 saturated heterocycles. The van der Waals surface area contributed by atoms with Crippen molar-refractivity contribution in [3.05, 3.63) is 0 Å². The summed E-state index contributed by atoms with van der Waals surface area (Å²) in [4.78, 5) is 2.65. The summed E-state index contributed by atoms with van der Waals surface area (Å²) in [5, 5.41) is 3.81. The summed E-state index contributed by atoms with van der Waals surface area (Å²) in [6.07, 6.45) is 5.29. The van der Waals surface area contributed by atoms with Crippen molar-refractivity contribution in [3.63, 3.8) is 0 Å². The Balaban J connectivity index is 2.69. The number of ether oxygens (including phenoxy) is 1. The van der Waals surface area contributed by atoms with Gasteiger partial charge >= 0.3 is 0 Å². The summed E-state index contributed by atoms with van der Waals surface area (Å²) < 4.78 is 5.45. The van der Waals surface area contributed by atoms with E-state index in [9.17, 15) is 0 Å². The molecule has 1 rings (SSSR count). The number of nitrogens with one attached hydrogen (secondary N) is 1. The third-order valence-corrected chi connectivity index (χ3v) is 4.60. The molecule has 1 N–H and O–H groups in total. The Hall–Kier alpha value is -0.120. The van der Waals surface area contributed by atoms with Crippen molar-refractivity contribution < 1.29 is 4.74 Å². The van der Waals surface area contributed by atoms with Crippen LogP contribution in [0.15, 0.2) is 0 Å². The fourth-order valence-corrected chi connectivity index (χ4v) is 3.00. The van der Waals surface area contributed by atoms with Crippen LogP contribution >= 0.6 is 0 Å². The minimum atomic E-state index is 0.317. The Labute approximate surface area is 113 Å². The molecule has 0 amide bonds. The molecule has 1 heterocycles. The Bertz CT molecular complexity index is 229. The van der Waals surface area contributed by atoms with E-state index in [1.807, 2.05) is 7.11 Å². The van der Waals surface area contributed by atoms with Gasteiger partial charge in [-0.05, 0) is 26.2 Å². The number of methoxy groups -OCH3 is 1. The topological polar surface area (TPSA) is 24.5 Å². The van der Waals surface area contributed by atoms with E-state index in [4.69, 9.17) is 4.74 Å². The molecule has 18 heavy (non-hydrogen) atoms. The van der Waals surface area contributed by atoms with Crippen molar-refractivity contribution in [2.75, 3.05) is 26.7 Å². The van der Waals surface area contributed by atoms with Crippen LogP contribution in [0.2, 0.25) is 0 Å². The second-order valence-corrected chi connectivity index (χ2v) is 5.79. The van der Waals surface area contributed by atoms with Crippen LogP contribution < -0.4 is 5.32 Å². The zero-order valence-electron chi connectivity index (χ0n) is 13.0. The highest BCUT2D eigenvalue weighted by atomic mass is 16.5. The molecule has 0 saturated carbocycles. The van der Waals surface area contributed by atoms with Crippen LogP contribution in [0.4, 0.5) is 0 Å². The van der Waals surface area contributed by atoms with Crippen molar-refractivity contribution in [1.29, 1.82) is 0 Å². The van der Waals surface area contributed by atoms with Crippen LogP contribution in [-0.2, 0) is 4.74 Å². The van der Waals surface area contributed by atoms with Crippen LogP contribution in [-0.4, -0.2) is 49.3 Å². The van der Waals surface area contributed by atoms with Crippen molar-refractivity contribution in [1.82, 2.24) is 10.2 Å². The standard InChI is InChI=1S/C15H32N2O/c1-6-9-14-10-16-15(7-2,8-3)12-17(14)11-13(4)18-5/h13-14,16H,6-12H2,1-5H3. The summed E-state index contributed by atoms with van der Waals surface area (Å²) in [5.41, 5.74) is 0.317. The zero-order chi connectivity index (χ0) is 13.6. The third kappa shape index (κ3) is 3.94. The van der Waals surface area contributed by atoms with Crippen LogP contribution in [0.5, 0.6) is 0 Å². The van der Waals surface area contributed by atoms with E-state index < -0.39 is 0 Å². The summed E-state index contributed by atoms with van der Waals surface area (Å²) in [6, 6.07) is 0.679. The second kappa shape index (κ2) is 7.46. The molecule has 3 heteroatoms. The van der Waals surface area contributed by atoms with E-state index in [-0.39, 0.29) is 0 Å². The number of piperazine rings is 1. The summed E-state index contributed by atoms with van der Waals surface area (Å²) in [6.45, 7) is 12.4. The Morgan fingerprint density at radius 1 is 1.33 bits per heavy atom. The predicted octanol–water partition coefficient (Wildman–Crippen LogP) is 2.65. The lowest BCUT2D eigenvalue weighted by Crippen LogP contribution is -2.64. The van der Waals surface area contributed by atoms with Crippen molar-refractivity contribution in [3.8, 4) is 0 Å². The number of rotatable bonds is 7. The minimum Gasteiger partial charge on any atom is -0.380 e. The molecule has 1 aliphatic rings. The normalized spacial score (nSPS) is 26.2. The fourth-order valence-electron chi connectivity index (χ4n) is 3.00. The van der Waals surface area contributed by atoms with Gasteiger partial charge in [0.1, 0.15) is 0 Å². The van der Waals surface area contributed by atoms with Gasteiger partial charge in [0.15, 0.2) is 0 Å². The van der Waals surface area contributed by atoms with Gasteiger partial charge in [-0.1, -0.05) is 27.2 Å². The molecule has 108 valence electrons. The molecule has 0 aromatic heterocycles. The molecule has 3 nitrogen and oxygen atoms in total. The van der Waals surface area contributed by atoms with Crippen LogP contribution in [0, 0.1) is 0 Å². The highest BCUT2D eigenvalue weighted by molar-refractivity contribution is 4.96. The molecule has 1 aliphatic heterocycles. The SMILES string of the molecule is CCCC1CNC(CC)(CC)CN1CC(C)OC. The van der Waals surface area contributed by atoms with E-state index in [1.165, 1.54) is 32.2 Å². The van der Waals surface area contributed by atoms with Gasteiger partial charge in [-0.2, -0.15) is 0 Å². The lowest BCUT2D eigenvalue weighted by Gasteiger charge is -2.48. The largest absolute Gasteiger partial charge is 0.380 e. The maximum atomic E-state index is 5.45. The lowest BCUT2D eigenvalue weighted by atomic mass is 9.87. The van der Waals surface area contributed by atoms with Gasteiger partial charge in [0, 0.05) is 38.3 Å². The number of nitrogens with zero attached hydrogens (tertiary/aromatic N) is 1. The van der Waals surface area contributed by atoms with E-state index in [0.717, 1.165) is 13.1 Å². The summed E-state index contributed by atoms with van der Waals surface area (Å²) in [7, 11) is 1.81. The smallest absolute Gasteiger partial charge is 0.0670 e. The van der Waals surface area contributed by atoms with E-state index >= 15 is 0 Å². The molecule has 0 spiro atoms. The van der Waals surface area contributed by atoms with Crippen molar-refractivity contribution >= 4 is 0 Å². The van der Waals surface area contributed by atoms with Crippen molar-refractivity contribution in [2.45, 2.75) is 71.1 Å². The first-order valence-corrected chi connectivity index (χ1v) is 7.62. The van der Waals surface area contributed by atoms with Gasteiger partial charge in [0.2, 0.25) is 0 Å². The molecule has 0 aromatic rings. The zero-order valence-corrected chi connectivity index (χ0v) is 13.0. The molecule has 0 aliphatic carbocycles. The molecule has 0 aromatic carbocycles. The first kappa shape index (κ1) is 15.9. The quantitative estimate of drug-likeness (QED) is 0.758. The van der Waals surface area contributed by atoms with Crippen LogP contribution in [0.3, 0.4) is 0 Å². The highest BCUT2D eigenvalue weighted by Crippen LogP contribution is 2.24. The first-order chi connectivity index (χ1) is 8.60. The highest BCUT2D eigenvalue weighted by Gasteiger charge is 2.36. The molecular formula is C15H32N2O. The Kier molecular flexibility index (Phi) is 6.61. The molecule has 1 fully saturated rings. The van der Waals surface area contributed by atoms with Gasteiger partial charge in [0.25, 0.3) is 0 Å². The molecule has 0 radical (unpaired) electrons. The first-order valence-electron chi connectivity index (χ1n) is 7.62. The molecule has 2 atom stereocenters. The minimum absolute atomic E-state index is 0.317. The third-order valence-electron chi connectivity index (χ3n) is 4.60. The average molecular weight is 256 g/mol. The number of hydrogen-bond donors (Lipinski definition) is 1. The van der Waals surface area contributed by atoms with Gasteiger partial charge in [0.05, 0.1) is 6.10 Å². The Morgan fingerprint density at radius 2 is 2.00 bits per heavy atom. The average Bonchev–Trinajstić information content (AvgIpc) is 2.41. The number of hydrogen-bond acceptors (Lipinski definition) is 3. The summed E-state index contributed by atoms with van der Waals surface area (Å²) >= 11 is 0. The van der Waals surface area contributed by atoms with E-state index in [1.54, 1.807) is 0 Å². The fraction of sp³-hybridized carbons (Fsp3) is 1.00. The van der Waals surface area contributed by atoms with Gasteiger partial charge in [-0.3, -0.25) is 4.90 Å². The van der Waals surface area contributed by atoms with Crippen LogP contribution in [0.25, 0.3) is 0 Å².